The maximum absolute atomic E-state index is 13.5. The predicted octanol–water partition coefficient (Wildman–Crippen LogP) is 2.89. The summed E-state index contributed by atoms with van der Waals surface area (Å²) in [4.78, 5) is 0. The maximum atomic E-state index is 13.5. The minimum atomic E-state index is -0.216. The molecule has 4 heteroatoms. The van der Waals surface area contributed by atoms with Gasteiger partial charge in [-0.15, -0.1) is 0 Å². The Labute approximate surface area is 109 Å². The van der Waals surface area contributed by atoms with Crippen LogP contribution in [0.4, 0.5) is 4.39 Å². The van der Waals surface area contributed by atoms with Crippen LogP contribution >= 0.6 is 15.9 Å². The molecule has 1 aliphatic rings. The van der Waals surface area contributed by atoms with Crippen LogP contribution in [0.2, 0.25) is 0 Å². The van der Waals surface area contributed by atoms with Crippen LogP contribution in [-0.4, -0.2) is 19.8 Å². The quantitative estimate of drug-likeness (QED) is 0.932. The van der Waals surface area contributed by atoms with Crippen molar-refractivity contribution < 1.29 is 9.13 Å². The predicted molar refractivity (Wildman–Crippen MR) is 69.3 cm³/mol. The summed E-state index contributed by atoms with van der Waals surface area (Å²) >= 11 is 3.30. The molecule has 0 amide bonds. The Morgan fingerprint density at radius 3 is 2.94 bits per heavy atom. The van der Waals surface area contributed by atoms with Crippen LogP contribution in [-0.2, 0) is 11.2 Å². The standard InChI is InChI=1S/C13H17BrFNO/c14-12-10(3-1-4-11(12)15)7-13(8-16)5-2-6-17-9-13/h1,3-4H,2,5-9,16H2. The largest absolute Gasteiger partial charge is 0.381 e. The smallest absolute Gasteiger partial charge is 0.137 e. The first-order valence-electron chi connectivity index (χ1n) is 5.88. The molecule has 2 nitrogen and oxygen atoms in total. The van der Waals surface area contributed by atoms with Gasteiger partial charge in [0.1, 0.15) is 5.82 Å². The Morgan fingerprint density at radius 2 is 2.29 bits per heavy atom. The fraction of sp³-hybridized carbons (Fsp3) is 0.538. The summed E-state index contributed by atoms with van der Waals surface area (Å²) in [7, 11) is 0. The van der Waals surface area contributed by atoms with Gasteiger partial charge in [-0.2, -0.15) is 0 Å². The summed E-state index contributed by atoms with van der Waals surface area (Å²) in [5.41, 5.74) is 6.83. The molecule has 1 heterocycles. The number of rotatable bonds is 3. The van der Waals surface area contributed by atoms with Crippen molar-refractivity contribution in [2.45, 2.75) is 19.3 Å². The Bertz CT molecular complexity index is 391. The zero-order valence-electron chi connectivity index (χ0n) is 9.72. The van der Waals surface area contributed by atoms with Gasteiger partial charge in [-0.3, -0.25) is 0 Å². The normalized spacial score (nSPS) is 24.9. The first kappa shape index (κ1) is 13.0. The average molecular weight is 302 g/mol. The van der Waals surface area contributed by atoms with E-state index in [1.807, 2.05) is 6.07 Å². The SMILES string of the molecule is NCC1(Cc2cccc(F)c2Br)CCCOC1. The van der Waals surface area contributed by atoms with Crippen LogP contribution in [0.3, 0.4) is 0 Å². The second kappa shape index (κ2) is 5.46. The summed E-state index contributed by atoms with van der Waals surface area (Å²) in [6.07, 6.45) is 2.85. The number of hydrogen-bond acceptors (Lipinski definition) is 2. The summed E-state index contributed by atoms with van der Waals surface area (Å²) in [5.74, 6) is -0.216. The van der Waals surface area contributed by atoms with E-state index in [1.54, 1.807) is 6.07 Å². The van der Waals surface area contributed by atoms with Gasteiger partial charge >= 0.3 is 0 Å². The lowest BCUT2D eigenvalue weighted by Gasteiger charge is -2.36. The molecule has 1 aromatic rings. The highest BCUT2D eigenvalue weighted by Crippen LogP contribution is 2.34. The molecule has 1 aliphatic heterocycles. The van der Waals surface area contributed by atoms with Crippen molar-refractivity contribution in [1.82, 2.24) is 0 Å². The van der Waals surface area contributed by atoms with Gasteiger partial charge in [-0.05, 0) is 46.8 Å². The summed E-state index contributed by atoms with van der Waals surface area (Å²) in [6.45, 7) is 2.06. The third-order valence-corrected chi connectivity index (χ3v) is 4.32. The maximum Gasteiger partial charge on any atom is 0.137 e. The van der Waals surface area contributed by atoms with Crippen molar-refractivity contribution in [3.8, 4) is 0 Å². The lowest BCUT2D eigenvalue weighted by atomic mass is 9.77. The Hall–Kier alpha value is -0.450. The van der Waals surface area contributed by atoms with Gasteiger partial charge in [-0.25, -0.2) is 4.39 Å². The fourth-order valence-corrected chi connectivity index (χ4v) is 2.78. The molecule has 1 atom stereocenters. The Morgan fingerprint density at radius 1 is 1.47 bits per heavy atom. The molecule has 0 aliphatic carbocycles. The van der Waals surface area contributed by atoms with Gasteiger partial charge in [0, 0.05) is 18.6 Å². The molecule has 17 heavy (non-hydrogen) atoms. The van der Waals surface area contributed by atoms with Crippen LogP contribution in [0.1, 0.15) is 18.4 Å². The van der Waals surface area contributed by atoms with Crippen LogP contribution in [0.5, 0.6) is 0 Å². The second-order valence-corrected chi connectivity index (χ2v) is 5.54. The number of halogens is 2. The van der Waals surface area contributed by atoms with Crippen molar-refractivity contribution in [3.05, 3.63) is 34.1 Å². The fourth-order valence-electron chi connectivity index (χ4n) is 2.37. The molecular weight excluding hydrogens is 285 g/mol. The molecule has 1 unspecified atom stereocenters. The molecule has 1 saturated heterocycles. The molecule has 0 bridgehead atoms. The summed E-state index contributed by atoms with van der Waals surface area (Å²) in [6, 6.07) is 5.14. The second-order valence-electron chi connectivity index (χ2n) is 4.75. The minimum Gasteiger partial charge on any atom is -0.381 e. The highest BCUT2D eigenvalue weighted by molar-refractivity contribution is 9.10. The molecular formula is C13H17BrFNO. The van der Waals surface area contributed by atoms with E-state index < -0.39 is 0 Å². The zero-order valence-corrected chi connectivity index (χ0v) is 11.3. The third-order valence-electron chi connectivity index (χ3n) is 3.43. The van der Waals surface area contributed by atoms with Crippen LogP contribution in [0.15, 0.2) is 22.7 Å². The zero-order chi connectivity index (χ0) is 12.3. The molecule has 0 saturated carbocycles. The summed E-state index contributed by atoms with van der Waals surface area (Å²) < 4.78 is 19.5. The minimum absolute atomic E-state index is 0.0332. The lowest BCUT2D eigenvalue weighted by molar-refractivity contribution is -0.00275. The van der Waals surface area contributed by atoms with E-state index in [-0.39, 0.29) is 11.2 Å². The van der Waals surface area contributed by atoms with E-state index in [1.165, 1.54) is 6.07 Å². The number of benzene rings is 1. The molecule has 1 fully saturated rings. The van der Waals surface area contributed by atoms with Crippen molar-refractivity contribution in [3.63, 3.8) is 0 Å². The Kier molecular flexibility index (Phi) is 4.17. The van der Waals surface area contributed by atoms with Crippen molar-refractivity contribution in [2.75, 3.05) is 19.8 Å². The first-order valence-corrected chi connectivity index (χ1v) is 6.67. The van der Waals surface area contributed by atoms with Gasteiger partial charge in [0.2, 0.25) is 0 Å². The molecule has 2 N–H and O–H groups in total. The average Bonchev–Trinajstić information content (AvgIpc) is 2.36. The first-order chi connectivity index (χ1) is 8.17. The molecule has 94 valence electrons. The number of nitrogens with two attached hydrogens (primary N) is 1. The van der Waals surface area contributed by atoms with Crippen molar-refractivity contribution in [1.29, 1.82) is 0 Å². The highest BCUT2D eigenvalue weighted by atomic mass is 79.9. The van der Waals surface area contributed by atoms with Gasteiger partial charge in [0.25, 0.3) is 0 Å². The molecule has 2 rings (SSSR count). The van der Waals surface area contributed by atoms with Gasteiger partial charge in [0.15, 0.2) is 0 Å². The number of hydrogen-bond donors (Lipinski definition) is 1. The third kappa shape index (κ3) is 2.87. The lowest BCUT2D eigenvalue weighted by Crippen LogP contribution is -2.40. The highest BCUT2D eigenvalue weighted by Gasteiger charge is 2.32. The van der Waals surface area contributed by atoms with Gasteiger partial charge in [0.05, 0.1) is 11.1 Å². The van der Waals surface area contributed by atoms with E-state index in [0.29, 0.717) is 17.6 Å². The van der Waals surface area contributed by atoms with E-state index in [0.717, 1.165) is 31.4 Å². The van der Waals surface area contributed by atoms with Crippen LogP contribution in [0.25, 0.3) is 0 Å². The molecule has 0 aromatic heterocycles. The van der Waals surface area contributed by atoms with E-state index in [9.17, 15) is 4.39 Å². The topological polar surface area (TPSA) is 35.2 Å². The number of ether oxygens (including phenoxy) is 1. The Balaban J connectivity index is 2.20. The van der Waals surface area contributed by atoms with Crippen molar-refractivity contribution >= 4 is 15.9 Å². The molecule has 0 radical (unpaired) electrons. The van der Waals surface area contributed by atoms with Gasteiger partial charge < -0.3 is 10.5 Å². The summed E-state index contributed by atoms with van der Waals surface area (Å²) in [5, 5.41) is 0. The molecule has 1 aromatic carbocycles. The van der Waals surface area contributed by atoms with Crippen molar-refractivity contribution in [2.24, 2.45) is 11.1 Å². The van der Waals surface area contributed by atoms with Gasteiger partial charge in [-0.1, -0.05) is 12.1 Å². The van der Waals surface area contributed by atoms with Crippen LogP contribution < -0.4 is 5.73 Å². The van der Waals surface area contributed by atoms with E-state index in [2.05, 4.69) is 15.9 Å². The van der Waals surface area contributed by atoms with Crippen LogP contribution in [0, 0.1) is 11.2 Å². The van der Waals surface area contributed by atoms with E-state index >= 15 is 0 Å². The monoisotopic (exact) mass is 301 g/mol. The molecule has 0 spiro atoms. The van der Waals surface area contributed by atoms with E-state index in [4.69, 9.17) is 10.5 Å².